The summed E-state index contributed by atoms with van der Waals surface area (Å²) in [5.41, 5.74) is 3.12. The van der Waals surface area contributed by atoms with Crippen LogP contribution in [-0.2, 0) is 24.9 Å². The number of hydrogen-bond donors (Lipinski definition) is 1. The second-order valence-electron chi connectivity index (χ2n) is 5.81. The molecule has 0 aliphatic rings. The van der Waals surface area contributed by atoms with E-state index >= 15 is 0 Å². The van der Waals surface area contributed by atoms with Gasteiger partial charge < -0.3 is 5.11 Å². The summed E-state index contributed by atoms with van der Waals surface area (Å²) in [6.45, 7) is 2.85. The maximum absolute atomic E-state index is 10.0. The Labute approximate surface area is 175 Å². The Hall–Kier alpha value is -2.33. The molecule has 2 heterocycles. The average Bonchev–Trinajstić information content (AvgIpc) is 3.11. The monoisotopic (exact) mass is 553 g/mol. The number of nitrogens with zero attached hydrogens (tertiary/aromatic N) is 1. The van der Waals surface area contributed by atoms with Gasteiger partial charge in [0, 0.05) is 36.3 Å². The van der Waals surface area contributed by atoms with E-state index in [2.05, 4.69) is 41.8 Å². The van der Waals surface area contributed by atoms with Crippen LogP contribution >= 0.6 is 11.3 Å². The van der Waals surface area contributed by atoms with Crippen LogP contribution in [0.3, 0.4) is 0 Å². The van der Waals surface area contributed by atoms with Crippen LogP contribution in [-0.4, -0.2) is 15.9 Å². The summed E-state index contributed by atoms with van der Waals surface area (Å²) < 4.78 is 1.30. The number of rotatable bonds is 2. The van der Waals surface area contributed by atoms with E-state index in [0.717, 1.165) is 16.8 Å². The number of allylic oxidation sites excluding steroid dienone is 2. The first-order valence-electron chi connectivity index (χ1n) is 8.17. The number of ketones is 1. The van der Waals surface area contributed by atoms with Crippen LogP contribution in [0, 0.1) is 6.07 Å². The summed E-state index contributed by atoms with van der Waals surface area (Å²) in [6.07, 6.45) is 1.17. The van der Waals surface area contributed by atoms with Gasteiger partial charge >= 0.3 is 0 Å². The Morgan fingerprint density at radius 3 is 2.44 bits per heavy atom. The fraction of sp³-hybridized carbons (Fsp3) is 0.0909. The van der Waals surface area contributed by atoms with Crippen LogP contribution < -0.4 is 0 Å². The van der Waals surface area contributed by atoms with Gasteiger partial charge in [0.25, 0.3) is 0 Å². The van der Waals surface area contributed by atoms with Gasteiger partial charge in [-0.3, -0.25) is 9.78 Å². The average molecular weight is 553 g/mol. The molecule has 5 heteroatoms. The van der Waals surface area contributed by atoms with Gasteiger partial charge in [0.2, 0.25) is 0 Å². The number of aromatic nitrogens is 1. The number of para-hydroxylation sites is 1. The van der Waals surface area contributed by atoms with Crippen molar-refractivity contribution in [3.8, 4) is 11.3 Å². The van der Waals surface area contributed by atoms with Gasteiger partial charge in [-0.15, -0.1) is 47.2 Å². The number of aliphatic hydroxyl groups is 1. The molecule has 0 saturated heterocycles. The number of carbonyl (C=O) groups is 1. The van der Waals surface area contributed by atoms with Crippen molar-refractivity contribution in [2.24, 2.45) is 0 Å². The van der Waals surface area contributed by atoms with E-state index in [0.29, 0.717) is 0 Å². The van der Waals surface area contributed by atoms with Crippen molar-refractivity contribution in [1.29, 1.82) is 0 Å². The van der Waals surface area contributed by atoms with Gasteiger partial charge in [-0.2, -0.15) is 0 Å². The molecular weight excluding hydrogens is 535 g/mol. The zero-order valence-corrected chi connectivity index (χ0v) is 18.1. The second kappa shape index (κ2) is 9.56. The second-order valence-corrected chi connectivity index (χ2v) is 6.73. The summed E-state index contributed by atoms with van der Waals surface area (Å²) in [7, 11) is 0. The van der Waals surface area contributed by atoms with Crippen molar-refractivity contribution < 1.29 is 30.0 Å². The van der Waals surface area contributed by atoms with Crippen LogP contribution in [0.15, 0.2) is 71.8 Å². The molecule has 139 valence electrons. The quantitative estimate of drug-likeness (QED) is 0.190. The minimum absolute atomic E-state index is 0. The summed E-state index contributed by atoms with van der Waals surface area (Å²) >= 11 is 1.77. The zero-order chi connectivity index (χ0) is 18.5. The van der Waals surface area contributed by atoms with E-state index in [1.165, 1.54) is 35.4 Å². The third-order valence-corrected chi connectivity index (χ3v) is 4.63. The molecule has 0 aliphatic heterocycles. The molecule has 4 aromatic rings. The van der Waals surface area contributed by atoms with Crippen LogP contribution in [0.2, 0.25) is 0 Å². The van der Waals surface area contributed by atoms with Crippen molar-refractivity contribution in [2.45, 2.75) is 13.8 Å². The van der Waals surface area contributed by atoms with E-state index in [1.54, 1.807) is 11.3 Å². The number of pyridine rings is 1. The third-order valence-electron chi connectivity index (χ3n) is 3.68. The summed E-state index contributed by atoms with van der Waals surface area (Å²) in [6, 6.07) is 21.7. The molecule has 0 fully saturated rings. The van der Waals surface area contributed by atoms with Crippen molar-refractivity contribution in [3.05, 3.63) is 77.9 Å². The molecule has 4 rings (SSSR count). The molecule has 3 nitrogen and oxygen atoms in total. The summed E-state index contributed by atoms with van der Waals surface area (Å²) in [4.78, 5) is 14.8. The van der Waals surface area contributed by atoms with Crippen molar-refractivity contribution >= 4 is 38.1 Å². The van der Waals surface area contributed by atoms with Crippen molar-refractivity contribution in [1.82, 2.24) is 4.98 Å². The first-order chi connectivity index (χ1) is 12.6. The maximum Gasteiger partial charge on any atom is 0.155 e. The largest absolute Gasteiger partial charge is 0.512 e. The minimum atomic E-state index is -0.125. The number of thiophene rings is 1. The predicted molar refractivity (Wildman–Crippen MR) is 108 cm³/mol. The summed E-state index contributed by atoms with van der Waals surface area (Å²) in [5, 5.41) is 12.9. The van der Waals surface area contributed by atoms with Gasteiger partial charge in [-0.05, 0) is 36.4 Å². The molecule has 0 amide bonds. The van der Waals surface area contributed by atoms with Gasteiger partial charge in [0.1, 0.15) is 0 Å². The molecular formula is C22H18IrNO2S-. The number of fused-ring (bicyclic) bond motifs is 3. The molecule has 0 saturated carbocycles. The zero-order valence-electron chi connectivity index (χ0n) is 14.9. The molecule has 0 aliphatic carbocycles. The minimum Gasteiger partial charge on any atom is -0.512 e. The molecule has 2 aromatic carbocycles. The predicted octanol–water partition coefficient (Wildman–Crippen LogP) is 5.95. The topological polar surface area (TPSA) is 50.2 Å². The Bertz CT molecular complexity index is 1080. The van der Waals surface area contributed by atoms with Crippen LogP contribution in [0.1, 0.15) is 13.8 Å². The summed E-state index contributed by atoms with van der Waals surface area (Å²) in [5.74, 6) is -0.0625. The first kappa shape index (κ1) is 21.0. The number of aliphatic hydroxyl groups excluding tert-OH is 1. The molecule has 0 spiro atoms. The van der Waals surface area contributed by atoms with E-state index in [4.69, 9.17) is 10.1 Å². The molecule has 1 radical (unpaired) electrons. The van der Waals surface area contributed by atoms with E-state index in [1.807, 2.05) is 24.3 Å². The molecule has 0 unspecified atom stereocenters. The molecule has 2 aromatic heterocycles. The number of benzene rings is 2. The Balaban J connectivity index is 0.000000285. The van der Waals surface area contributed by atoms with Crippen molar-refractivity contribution in [3.63, 3.8) is 0 Å². The van der Waals surface area contributed by atoms with Gasteiger partial charge in [-0.25, -0.2) is 0 Å². The fourth-order valence-electron chi connectivity index (χ4n) is 2.69. The fourth-order valence-corrected chi connectivity index (χ4v) is 3.62. The van der Waals surface area contributed by atoms with Crippen molar-refractivity contribution in [2.75, 3.05) is 0 Å². The molecule has 0 bridgehead atoms. The molecule has 0 atom stereocenters. The standard InChI is InChI=1S/C17H10NS.C5H8O2.Ir/c1-2-6-12(7-3-1)16-14-10-11-19-17(14)13-8-4-5-9-15(13)18-16;1-4(6)3-5(2)7;/h1-6,8-11H;3,6H,1-2H3;/q-1;;/b;4-3-;. The van der Waals surface area contributed by atoms with Crippen LogP contribution in [0.4, 0.5) is 0 Å². The SMILES string of the molecule is CC(=O)/C=C(/C)O.[Ir].[c-]1ccccc1-c1nc2ccccc2c2sccc12. The third kappa shape index (κ3) is 5.10. The molecule has 27 heavy (non-hydrogen) atoms. The Morgan fingerprint density at radius 2 is 1.81 bits per heavy atom. The van der Waals surface area contributed by atoms with E-state index < -0.39 is 0 Å². The number of carbonyl (C=O) groups excluding carboxylic acids is 1. The Kier molecular flexibility index (Phi) is 7.43. The number of hydrogen-bond acceptors (Lipinski definition) is 4. The van der Waals surface area contributed by atoms with Crippen LogP contribution in [0.25, 0.3) is 32.2 Å². The van der Waals surface area contributed by atoms with E-state index in [-0.39, 0.29) is 31.6 Å². The van der Waals surface area contributed by atoms with Gasteiger partial charge in [-0.1, -0.05) is 24.3 Å². The van der Waals surface area contributed by atoms with Gasteiger partial charge in [0.15, 0.2) is 5.78 Å². The van der Waals surface area contributed by atoms with E-state index in [9.17, 15) is 4.79 Å². The smallest absolute Gasteiger partial charge is 0.155 e. The first-order valence-corrected chi connectivity index (χ1v) is 9.05. The van der Waals surface area contributed by atoms with Gasteiger partial charge in [0.05, 0.1) is 11.3 Å². The Morgan fingerprint density at radius 1 is 1.07 bits per heavy atom. The normalized spacial score (nSPS) is 10.8. The van der Waals surface area contributed by atoms with Crippen LogP contribution in [0.5, 0.6) is 0 Å². The maximum atomic E-state index is 10.0. The molecule has 1 N–H and O–H groups in total.